The molecular formula is C15H26N3O+. The number of morpholine rings is 1. The molecule has 4 heteroatoms. The van der Waals surface area contributed by atoms with Crippen LogP contribution >= 0.6 is 0 Å². The Hall–Kier alpha value is -1.26. The van der Waals surface area contributed by atoms with Gasteiger partial charge in [0.15, 0.2) is 0 Å². The maximum Gasteiger partial charge on any atom is 0.102 e. The highest BCUT2D eigenvalue weighted by atomic mass is 16.5. The summed E-state index contributed by atoms with van der Waals surface area (Å²) in [5, 5.41) is 0. The number of quaternary nitrogens is 1. The number of likely N-dealkylation sites (N-methyl/N-ethyl adjacent to an activating group) is 1. The largest absolute Gasteiger partial charge is 0.399 e. The second-order valence-corrected chi connectivity index (χ2v) is 5.82. The van der Waals surface area contributed by atoms with E-state index in [1.54, 1.807) is 0 Å². The van der Waals surface area contributed by atoms with E-state index in [4.69, 9.17) is 16.2 Å². The third kappa shape index (κ3) is 4.11. The number of hydrogen-bond acceptors (Lipinski definition) is 3. The molecule has 19 heavy (non-hydrogen) atoms. The van der Waals surface area contributed by atoms with Gasteiger partial charge in [0.05, 0.1) is 26.8 Å². The Balaban J connectivity index is 1.75. The molecule has 1 aliphatic rings. The van der Waals surface area contributed by atoms with Crippen LogP contribution < -0.4 is 11.5 Å². The average molecular weight is 264 g/mol. The number of rotatable bonds is 5. The highest BCUT2D eigenvalue weighted by Crippen LogP contribution is 2.18. The molecule has 0 spiro atoms. The van der Waals surface area contributed by atoms with Crippen molar-refractivity contribution < 1.29 is 9.22 Å². The number of ether oxygens (including phenoxy) is 1. The van der Waals surface area contributed by atoms with E-state index >= 15 is 0 Å². The van der Waals surface area contributed by atoms with Gasteiger partial charge in [0.2, 0.25) is 0 Å². The van der Waals surface area contributed by atoms with Crippen molar-refractivity contribution in [2.75, 3.05) is 51.4 Å². The molecule has 1 saturated heterocycles. The van der Waals surface area contributed by atoms with E-state index < -0.39 is 0 Å². The van der Waals surface area contributed by atoms with Crippen LogP contribution in [-0.2, 0) is 11.2 Å². The van der Waals surface area contributed by atoms with Crippen molar-refractivity contribution in [3.63, 3.8) is 0 Å². The van der Waals surface area contributed by atoms with Crippen molar-refractivity contribution in [2.45, 2.75) is 19.3 Å². The molecule has 106 valence electrons. The molecule has 4 N–H and O–H groups in total. The quantitative estimate of drug-likeness (QED) is 0.483. The zero-order valence-electron chi connectivity index (χ0n) is 11.9. The van der Waals surface area contributed by atoms with E-state index in [0.29, 0.717) is 0 Å². The minimum absolute atomic E-state index is 0.802. The van der Waals surface area contributed by atoms with Gasteiger partial charge in [0.1, 0.15) is 13.1 Å². The Morgan fingerprint density at radius 3 is 2.63 bits per heavy atom. The lowest BCUT2D eigenvalue weighted by Crippen LogP contribution is -2.52. The lowest BCUT2D eigenvalue weighted by atomic mass is 10.0. The van der Waals surface area contributed by atoms with Crippen LogP contribution in [0.4, 0.5) is 11.4 Å². The summed E-state index contributed by atoms with van der Waals surface area (Å²) in [6, 6.07) is 5.76. The smallest absolute Gasteiger partial charge is 0.102 e. The van der Waals surface area contributed by atoms with Crippen LogP contribution in [0.1, 0.15) is 18.4 Å². The Kier molecular flexibility index (Phi) is 4.66. The van der Waals surface area contributed by atoms with Crippen molar-refractivity contribution in [3.05, 3.63) is 23.8 Å². The first-order valence-electron chi connectivity index (χ1n) is 7.14. The summed E-state index contributed by atoms with van der Waals surface area (Å²) < 4.78 is 6.57. The fourth-order valence-electron chi connectivity index (χ4n) is 2.66. The van der Waals surface area contributed by atoms with Crippen molar-refractivity contribution >= 4 is 11.4 Å². The van der Waals surface area contributed by atoms with Gasteiger partial charge >= 0.3 is 0 Å². The predicted molar refractivity (Wildman–Crippen MR) is 79.8 cm³/mol. The van der Waals surface area contributed by atoms with E-state index in [9.17, 15) is 0 Å². The minimum atomic E-state index is 0.802. The highest BCUT2D eigenvalue weighted by Gasteiger charge is 2.24. The maximum atomic E-state index is 5.96. The van der Waals surface area contributed by atoms with Crippen molar-refractivity contribution in [1.29, 1.82) is 0 Å². The molecule has 0 saturated carbocycles. The molecule has 1 fully saturated rings. The van der Waals surface area contributed by atoms with E-state index in [2.05, 4.69) is 7.05 Å². The number of anilines is 2. The summed E-state index contributed by atoms with van der Waals surface area (Å²) in [6.45, 7) is 5.31. The number of benzene rings is 1. The normalized spacial score (nSPS) is 18.4. The van der Waals surface area contributed by atoms with Gasteiger partial charge in [-0.25, -0.2) is 0 Å². The zero-order chi connectivity index (χ0) is 13.7. The average Bonchev–Trinajstić information content (AvgIpc) is 2.39. The third-order valence-electron chi connectivity index (χ3n) is 4.11. The van der Waals surface area contributed by atoms with Gasteiger partial charge in [-0.3, -0.25) is 0 Å². The van der Waals surface area contributed by atoms with Crippen LogP contribution in [0.25, 0.3) is 0 Å². The summed E-state index contributed by atoms with van der Waals surface area (Å²) in [5.41, 5.74) is 14.6. The number of nitrogen functional groups attached to an aromatic ring is 2. The first-order chi connectivity index (χ1) is 9.09. The fourth-order valence-corrected chi connectivity index (χ4v) is 2.66. The molecule has 0 radical (unpaired) electrons. The van der Waals surface area contributed by atoms with Gasteiger partial charge < -0.3 is 20.7 Å². The monoisotopic (exact) mass is 264 g/mol. The molecule has 1 aromatic carbocycles. The van der Waals surface area contributed by atoms with Gasteiger partial charge in [-0.05, 0) is 43.0 Å². The Bertz CT molecular complexity index is 414. The molecule has 4 nitrogen and oxygen atoms in total. The highest BCUT2D eigenvalue weighted by molar-refractivity contribution is 5.55. The van der Waals surface area contributed by atoms with Crippen LogP contribution in [0.15, 0.2) is 18.2 Å². The van der Waals surface area contributed by atoms with Crippen LogP contribution in [0, 0.1) is 0 Å². The zero-order valence-corrected chi connectivity index (χ0v) is 11.9. The first kappa shape index (κ1) is 14.2. The molecule has 0 aromatic heterocycles. The van der Waals surface area contributed by atoms with Gasteiger partial charge in [0, 0.05) is 11.4 Å². The number of hydrogen-bond donors (Lipinski definition) is 2. The lowest BCUT2D eigenvalue weighted by molar-refractivity contribution is -0.917. The molecule has 0 amide bonds. The second kappa shape index (κ2) is 6.26. The Labute approximate surface area is 115 Å². The summed E-state index contributed by atoms with van der Waals surface area (Å²) in [4.78, 5) is 0. The summed E-state index contributed by atoms with van der Waals surface area (Å²) in [5.74, 6) is 0. The molecule has 1 aliphatic heterocycles. The van der Waals surface area contributed by atoms with Gasteiger partial charge in [0.25, 0.3) is 0 Å². The second-order valence-electron chi connectivity index (χ2n) is 5.82. The molecule has 0 aliphatic carbocycles. The Morgan fingerprint density at radius 1 is 1.16 bits per heavy atom. The van der Waals surface area contributed by atoms with Crippen molar-refractivity contribution in [3.8, 4) is 0 Å². The van der Waals surface area contributed by atoms with E-state index in [0.717, 1.165) is 48.6 Å². The van der Waals surface area contributed by atoms with Gasteiger partial charge in [-0.1, -0.05) is 0 Å². The molecule has 0 unspecified atom stereocenters. The van der Waals surface area contributed by atoms with Gasteiger partial charge in [-0.15, -0.1) is 0 Å². The van der Waals surface area contributed by atoms with Crippen LogP contribution in [0.5, 0.6) is 0 Å². The van der Waals surface area contributed by atoms with Gasteiger partial charge in [-0.2, -0.15) is 0 Å². The topological polar surface area (TPSA) is 61.3 Å². The SMILES string of the molecule is C[N+]1(CCCCc2cc(N)ccc2N)CCOCC1. The molecule has 0 bridgehead atoms. The number of nitrogens with zero attached hydrogens (tertiary/aromatic N) is 1. The van der Waals surface area contributed by atoms with E-state index in [1.165, 1.54) is 24.9 Å². The van der Waals surface area contributed by atoms with Crippen LogP contribution in [-0.4, -0.2) is 44.4 Å². The van der Waals surface area contributed by atoms with Crippen LogP contribution in [0.3, 0.4) is 0 Å². The first-order valence-corrected chi connectivity index (χ1v) is 7.14. The fraction of sp³-hybridized carbons (Fsp3) is 0.600. The molecule has 1 aromatic rings. The molecule has 0 atom stereocenters. The summed E-state index contributed by atoms with van der Waals surface area (Å²) in [6.07, 6.45) is 3.42. The minimum Gasteiger partial charge on any atom is -0.399 e. The maximum absolute atomic E-state index is 5.96. The Morgan fingerprint density at radius 2 is 1.89 bits per heavy atom. The third-order valence-corrected chi connectivity index (χ3v) is 4.11. The standard InChI is InChI=1S/C15H26N3O/c1-18(8-10-19-11-9-18)7-3-2-4-13-12-14(16)5-6-15(13)17/h5-6,12H,2-4,7-11,16-17H2,1H3/q+1. The summed E-state index contributed by atoms with van der Waals surface area (Å²) >= 11 is 0. The van der Waals surface area contributed by atoms with E-state index in [-0.39, 0.29) is 0 Å². The molecule has 1 heterocycles. The number of unbranched alkanes of at least 4 members (excludes halogenated alkanes) is 1. The van der Waals surface area contributed by atoms with Crippen LogP contribution in [0.2, 0.25) is 0 Å². The number of nitrogens with two attached hydrogens (primary N) is 2. The molecular weight excluding hydrogens is 238 g/mol. The lowest BCUT2D eigenvalue weighted by Gasteiger charge is -2.37. The molecule has 2 rings (SSSR count). The predicted octanol–water partition coefficient (Wildman–Crippen LogP) is 1.65. The van der Waals surface area contributed by atoms with Crippen molar-refractivity contribution in [2.24, 2.45) is 0 Å². The van der Waals surface area contributed by atoms with Crippen molar-refractivity contribution in [1.82, 2.24) is 0 Å². The summed E-state index contributed by atoms with van der Waals surface area (Å²) in [7, 11) is 2.33. The number of aryl methyl sites for hydroxylation is 1. The van der Waals surface area contributed by atoms with E-state index in [1.807, 2.05) is 18.2 Å².